The zero-order valence-corrected chi connectivity index (χ0v) is 21.8. The van der Waals surface area contributed by atoms with Gasteiger partial charge in [-0.15, -0.1) is 0 Å². The number of likely N-dealkylation sites (tertiary alicyclic amines) is 1. The van der Waals surface area contributed by atoms with Crippen molar-refractivity contribution in [1.82, 2.24) is 4.90 Å². The first kappa shape index (κ1) is 26.6. The molecule has 5 nitrogen and oxygen atoms in total. The molecule has 0 spiro atoms. The summed E-state index contributed by atoms with van der Waals surface area (Å²) in [7, 11) is 0. The number of phenols is 1. The summed E-state index contributed by atoms with van der Waals surface area (Å²) in [6.07, 6.45) is 3.48. The summed E-state index contributed by atoms with van der Waals surface area (Å²) < 4.78 is 0. The van der Waals surface area contributed by atoms with Crippen LogP contribution in [0.5, 0.6) is 5.75 Å². The second-order valence-corrected chi connectivity index (χ2v) is 10.7. The van der Waals surface area contributed by atoms with Crippen molar-refractivity contribution < 1.29 is 19.8 Å². The smallest absolute Gasteiger partial charge is 0.313 e. The number of carbonyl (C=O) groups is 2. The van der Waals surface area contributed by atoms with Crippen molar-refractivity contribution in [1.29, 1.82) is 0 Å². The number of aromatic hydroxyl groups is 1. The average Bonchev–Trinajstić information content (AvgIpc) is 2.91. The predicted molar refractivity (Wildman–Crippen MR) is 146 cm³/mol. The normalized spacial score (nSPS) is 15.8. The quantitative estimate of drug-likeness (QED) is 0.322. The summed E-state index contributed by atoms with van der Waals surface area (Å²) >= 11 is 0. The molecule has 0 bridgehead atoms. The van der Waals surface area contributed by atoms with E-state index in [4.69, 9.17) is 0 Å². The van der Waals surface area contributed by atoms with Crippen LogP contribution in [0.3, 0.4) is 0 Å². The van der Waals surface area contributed by atoms with Gasteiger partial charge in [-0.3, -0.25) is 9.59 Å². The number of carboxylic acids is 1. The van der Waals surface area contributed by atoms with Gasteiger partial charge in [0.15, 0.2) is 5.78 Å². The van der Waals surface area contributed by atoms with Crippen molar-refractivity contribution in [2.45, 2.75) is 50.9 Å². The molecule has 3 aromatic rings. The van der Waals surface area contributed by atoms with Gasteiger partial charge < -0.3 is 15.1 Å². The number of hydrogen-bond acceptors (Lipinski definition) is 4. The Bertz CT molecular complexity index is 1180. The summed E-state index contributed by atoms with van der Waals surface area (Å²) in [5.41, 5.74) is 2.92. The van der Waals surface area contributed by atoms with Crippen LogP contribution in [0.25, 0.3) is 0 Å². The molecule has 1 atom stereocenters. The highest BCUT2D eigenvalue weighted by Gasteiger charge is 2.30. The predicted octanol–water partition coefficient (Wildman–Crippen LogP) is 6.26. The molecular weight excluding hydrogens is 462 g/mol. The van der Waals surface area contributed by atoms with Crippen LogP contribution < -0.4 is 0 Å². The fraction of sp³-hybridized carbons (Fsp3) is 0.375. The van der Waals surface area contributed by atoms with Crippen molar-refractivity contribution in [3.8, 4) is 5.75 Å². The van der Waals surface area contributed by atoms with Gasteiger partial charge >= 0.3 is 5.97 Å². The molecule has 37 heavy (non-hydrogen) atoms. The van der Waals surface area contributed by atoms with E-state index in [-0.39, 0.29) is 5.78 Å². The lowest BCUT2D eigenvalue weighted by Gasteiger charge is -2.36. The Morgan fingerprint density at radius 1 is 0.892 bits per heavy atom. The molecule has 2 N–H and O–H groups in total. The number of hydrogen-bond donors (Lipinski definition) is 2. The standard InChI is InChI=1S/C32H37NO4/c1-32(2,31(36)37)27-14-10-23(11-15-27)29(35)9-6-20-33-21-18-26(19-22-33)30(24-7-4-3-5-8-24)25-12-16-28(34)17-13-25/h3-5,7-8,10-17,26,30,34H,6,9,18-22H2,1-2H3,(H,36,37). The molecule has 0 aliphatic carbocycles. The number of aliphatic carboxylic acids is 1. The maximum absolute atomic E-state index is 12.7. The Morgan fingerprint density at radius 3 is 2.08 bits per heavy atom. The van der Waals surface area contributed by atoms with Gasteiger partial charge in [-0.1, -0.05) is 66.7 Å². The first-order valence-electron chi connectivity index (χ1n) is 13.2. The molecule has 1 aliphatic rings. The molecule has 1 heterocycles. The molecule has 4 rings (SSSR count). The molecule has 1 fully saturated rings. The summed E-state index contributed by atoms with van der Waals surface area (Å²) in [6, 6.07) is 25.3. The molecule has 0 aromatic heterocycles. The van der Waals surface area contributed by atoms with E-state index in [2.05, 4.69) is 29.2 Å². The highest BCUT2D eigenvalue weighted by atomic mass is 16.4. The molecule has 3 aromatic carbocycles. The molecule has 0 saturated carbocycles. The number of rotatable bonds is 10. The summed E-state index contributed by atoms with van der Waals surface area (Å²) in [6.45, 7) is 6.26. The number of nitrogens with zero attached hydrogens (tertiary/aromatic N) is 1. The van der Waals surface area contributed by atoms with Gasteiger partial charge in [-0.25, -0.2) is 0 Å². The first-order valence-corrected chi connectivity index (χ1v) is 13.2. The number of carbonyl (C=O) groups excluding carboxylic acids is 1. The Kier molecular flexibility index (Phi) is 8.45. The van der Waals surface area contributed by atoms with E-state index in [9.17, 15) is 19.8 Å². The van der Waals surface area contributed by atoms with Crippen LogP contribution in [0.4, 0.5) is 0 Å². The summed E-state index contributed by atoms with van der Waals surface area (Å²) in [5, 5.41) is 19.2. The molecule has 1 saturated heterocycles. The number of benzene rings is 3. The topological polar surface area (TPSA) is 77.8 Å². The number of ketones is 1. The van der Waals surface area contributed by atoms with Gasteiger partial charge in [0.2, 0.25) is 0 Å². The summed E-state index contributed by atoms with van der Waals surface area (Å²) in [5.74, 6) is 0.345. The number of piperidine rings is 1. The monoisotopic (exact) mass is 499 g/mol. The van der Waals surface area contributed by atoms with Gasteiger partial charge in [0, 0.05) is 17.9 Å². The third-order valence-corrected chi connectivity index (χ3v) is 7.86. The molecule has 0 amide bonds. The van der Waals surface area contributed by atoms with Crippen molar-refractivity contribution in [2.24, 2.45) is 5.92 Å². The van der Waals surface area contributed by atoms with E-state index in [0.29, 0.717) is 35.1 Å². The van der Waals surface area contributed by atoms with E-state index in [1.807, 2.05) is 18.2 Å². The molecule has 194 valence electrons. The van der Waals surface area contributed by atoms with E-state index in [1.165, 1.54) is 11.1 Å². The fourth-order valence-corrected chi connectivity index (χ4v) is 5.39. The zero-order valence-electron chi connectivity index (χ0n) is 21.8. The molecule has 5 heteroatoms. The largest absolute Gasteiger partial charge is 0.508 e. The van der Waals surface area contributed by atoms with Gasteiger partial charge in [0.1, 0.15) is 5.75 Å². The highest BCUT2D eigenvalue weighted by molar-refractivity contribution is 5.96. The Morgan fingerprint density at radius 2 is 1.49 bits per heavy atom. The molecule has 0 radical (unpaired) electrons. The minimum absolute atomic E-state index is 0.103. The lowest BCUT2D eigenvalue weighted by molar-refractivity contribution is -0.142. The lowest BCUT2D eigenvalue weighted by Crippen LogP contribution is -2.36. The van der Waals surface area contributed by atoms with Crippen LogP contribution >= 0.6 is 0 Å². The summed E-state index contributed by atoms with van der Waals surface area (Å²) in [4.78, 5) is 26.6. The third-order valence-electron chi connectivity index (χ3n) is 7.86. The van der Waals surface area contributed by atoms with E-state index in [1.54, 1.807) is 50.2 Å². The zero-order chi connectivity index (χ0) is 26.4. The Labute approximate surface area is 219 Å². The minimum atomic E-state index is -0.977. The first-order chi connectivity index (χ1) is 17.8. The van der Waals surface area contributed by atoms with Gasteiger partial charge in [0.25, 0.3) is 0 Å². The number of phenolic OH excluding ortho intramolecular Hbond substituents is 1. The molecule has 1 unspecified atom stereocenters. The maximum Gasteiger partial charge on any atom is 0.313 e. The van der Waals surface area contributed by atoms with E-state index < -0.39 is 11.4 Å². The Hall–Kier alpha value is -3.44. The second-order valence-electron chi connectivity index (χ2n) is 10.7. The van der Waals surface area contributed by atoms with E-state index >= 15 is 0 Å². The molecular formula is C32H37NO4. The van der Waals surface area contributed by atoms with Crippen LogP contribution in [-0.4, -0.2) is 46.5 Å². The maximum atomic E-state index is 12.7. The molecule has 1 aliphatic heterocycles. The minimum Gasteiger partial charge on any atom is -0.508 e. The van der Waals surface area contributed by atoms with Crippen molar-refractivity contribution in [2.75, 3.05) is 19.6 Å². The highest BCUT2D eigenvalue weighted by Crippen LogP contribution is 2.38. The second kappa shape index (κ2) is 11.7. The van der Waals surface area contributed by atoms with Crippen molar-refractivity contribution in [3.63, 3.8) is 0 Å². The van der Waals surface area contributed by atoms with Crippen LogP contribution in [0.1, 0.15) is 72.5 Å². The fourth-order valence-electron chi connectivity index (χ4n) is 5.39. The van der Waals surface area contributed by atoms with Crippen LogP contribution in [-0.2, 0) is 10.2 Å². The lowest BCUT2D eigenvalue weighted by atomic mass is 9.76. The van der Waals surface area contributed by atoms with Gasteiger partial charge in [-0.05, 0) is 87.5 Å². The van der Waals surface area contributed by atoms with Gasteiger partial charge in [0.05, 0.1) is 5.41 Å². The number of Topliss-reactive ketones (excluding diaryl/α,β-unsaturated/α-hetero) is 1. The Balaban J connectivity index is 1.29. The van der Waals surface area contributed by atoms with Crippen LogP contribution in [0, 0.1) is 5.92 Å². The van der Waals surface area contributed by atoms with Crippen molar-refractivity contribution >= 4 is 11.8 Å². The van der Waals surface area contributed by atoms with Crippen molar-refractivity contribution in [3.05, 3.63) is 101 Å². The van der Waals surface area contributed by atoms with E-state index in [0.717, 1.165) is 38.9 Å². The SMILES string of the molecule is CC(C)(C(=O)O)c1ccc(C(=O)CCCN2CCC(C(c3ccccc3)c3ccc(O)cc3)CC2)cc1. The van der Waals surface area contributed by atoms with Crippen LogP contribution in [0.2, 0.25) is 0 Å². The van der Waals surface area contributed by atoms with Gasteiger partial charge in [-0.2, -0.15) is 0 Å². The average molecular weight is 500 g/mol. The number of carboxylic acid groups (broad SMARTS) is 1. The third kappa shape index (κ3) is 6.47. The van der Waals surface area contributed by atoms with Crippen LogP contribution in [0.15, 0.2) is 78.9 Å².